The number of amides is 1. The van der Waals surface area contributed by atoms with Gasteiger partial charge in [-0.1, -0.05) is 68.9 Å². The van der Waals surface area contributed by atoms with Crippen LogP contribution in [0.1, 0.15) is 133 Å². The van der Waals surface area contributed by atoms with Gasteiger partial charge in [-0.25, -0.2) is 4.99 Å². The highest BCUT2D eigenvalue weighted by atomic mass is 32.2. The first kappa shape index (κ1) is 56.1. The SMILES string of the molecule is Cc1c(O)cccc1C(=O)N[C@@H](CSc1ccccc1)[C@H](O)CN1C[C@H]2CCCC[C@H]2C[C@H]1C([O-])=NC(C)(C)C.Cc1c(O)cccc1C1=N[C@H]([C@H](O)CN2C[C@H]3CCCC[C@H]3C[C@H]2C([O-])=NC(C)(C)C)CO1. The predicted molar refractivity (Wildman–Crippen MR) is 288 cm³/mol. The first-order valence-electron chi connectivity index (χ1n) is 26.8. The average Bonchev–Trinajstić information content (AvgIpc) is 3.84. The van der Waals surface area contributed by atoms with E-state index in [9.17, 15) is 35.4 Å². The minimum atomic E-state index is -0.900. The Morgan fingerprint density at radius 3 is 1.82 bits per heavy atom. The highest BCUT2D eigenvalue weighted by Gasteiger charge is 2.41. The summed E-state index contributed by atoms with van der Waals surface area (Å²) in [5.74, 6) is 2.83. The van der Waals surface area contributed by atoms with E-state index in [4.69, 9.17) is 4.74 Å². The molecule has 3 heterocycles. The van der Waals surface area contributed by atoms with Crippen LogP contribution >= 0.6 is 11.8 Å². The van der Waals surface area contributed by atoms with Gasteiger partial charge in [0.2, 0.25) is 5.90 Å². The molecular weight excluding hydrogens is 941 g/mol. The van der Waals surface area contributed by atoms with Gasteiger partial charge in [0.25, 0.3) is 5.91 Å². The quantitative estimate of drug-likeness (QED) is 0.0629. The number of aromatic hydroxyl groups is 2. The maximum Gasteiger partial charge on any atom is 0.252 e. The van der Waals surface area contributed by atoms with Crippen molar-refractivity contribution in [2.75, 3.05) is 38.5 Å². The van der Waals surface area contributed by atoms with Gasteiger partial charge in [0.15, 0.2) is 0 Å². The van der Waals surface area contributed by atoms with Crippen molar-refractivity contribution in [1.29, 1.82) is 0 Å². The molecule has 0 unspecified atom stereocenters. The van der Waals surface area contributed by atoms with Crippen LogP contribution in [-0.2, 0) is 4.74 Å². The number of likely N-dealkylation sites (tertiary alicyclic amines) is 2. The van der Waals surface area contributed by atoms with E-state index in [1.165, 1.54) is 38.5 Å². The molecule has 4 fully saturated rings. The molecule has 3 aromatic rings. The number of piperidine rings is 2. The zero-order valence-corrected chi connectivity index (χ0v) is 45.3. The molecule has 0 aromatic heterocycles. The maximum atomic E-state index is 13.4. The molecule has 14 nitrogen and oxygen atoms in total. The minimum absolute atomic E-state index is 0.0581. The molecule has 15 heteroatoms. The maximum absolute atomic E-state index is 13.4. The van der Waals surface area contributed by atoms with Crippen LogP contribution in [0.4, 0.5) is 0 Å². The Balaban J connectivity index is 0.000000218. The number of fused-ring (bicyclic) bond motifs is 2. The van der Waals surface area contributed by atoms with Crippen molar-refractivity contribution < 1.29 is 40.2 Å². The largest absolute Gasteiger partial charge is 0.861 e. The second kappa shape index (κ2) is 24.8. The Morgan fingerprint density at radius 1 is 0.740 bits per heavy atom. The first-order valence-corrected chi connectivity index (χ1v) is 27.8. The van der Waals surface area contributed by atoms with Crippen LogP contribution in [0.15, 0.2) is 86.6 Å². The molecule has 0 bridgehead atoms. The molecule has 2 aliphatic carbocycles. The number of hydrogen-bond donors (Lipinski definition) is 5. The van der Waals surface area contributed by atoms with Crippen LogP contribution in [-0.4, -0.2) is 140 Å². The molecule has 0 spiro atoms. The second-order valence-corrected chi connectivity index (χ2v) is 24.4. The number of hydrogen-bond acceptors (Lipinski definition) is 14. The van der Waals surface area contributed by atoms with Crippen LogP contribution in [0.25, 0.3) is 0 Å². The molecular formula is C58H82N6O8S-2. The van der Waals surface area contributed by atoms with E-state index in [0.29, 0.717) is 58.6 Å². The first-order chi connectivity index (χ1) is 34.6. The van der Waals surface area contributed by atoms with Crippen molar-refractivity contribution >= 4 is 35.4 Å². The number of rotatable bonds is 14. The predicted octanol–water partition coefficient (Wildman–Crippen LogP) is 7.04. The number of aliphatic hydroxyl groups is 2. The molecule has 3 aromatic carbocycles. The number of ether oxygens (including phenoxy) is 1. The number of β-amino-alcohol motifs (C(OH)–C–C–N with tert-alkyl or cyclic N) is 2. The van der Waals surface area contributed by atoms with Crippen LogP contribution in [0, 0.1) is 37.5 Å². The number of aliphatic imine (C=N–C) groups is 3. The van der Waals surface area contributed by atoms with Gasteiger partial charge in [-0.2, -0.15) is 0 Å². The van der Waals surface area contributed by atoms with Crippen LogP contribution < -0.4 is 15.5 Å². The summed E-state index contributed by atoms with van der Waals surface area (Å²) in [7, 11) is 0. The highest BCUT2D eigenvalue weighted by Crippen LogP contribution is 2.41. The molecule has 400 valence electrons. The fourth-order valence-electron chi connectivity index (χ4n) is 11.5. The monoisotopic (exact) mass is 1020 g/mol. The molecule has 0 radical (unpaired) electrons. The van der Waals surface area contributed by atoms with Gasteiger partial charge in [0.05, 0.1) is 29.3 Å². The summed E-state index contributed by atoms with van der Waals surface area (Å²) in [5.41, 5.74) is 1.44. The summed E-state index contributed by atoms with van der Waals surface area (Å²) < 4.78 is 5.80. The third-order valence-corrected chi connectivity index (χ3v) is 16.6. The molecule has 2 saturated carbocycles. The summed E-state index contributed by atoms with van der Waals surface area (Å²) in [5, 5.41) is 72.5. The number of carbonyl (C=O) groups is 1. The molecule has 73 heavy (non-hydrogen) atoms. The second-order valence-electron chi connectivity index (χ2n) is 23.3. The fraction of sp³-hybridized carbons (Fsp3) is 0.621. The molecule has 10 atom stereocenters. The molecule has 5 aliphatic rings. The average molecular weight is 1020 g/mol. The zero-order chi connectivity index (χ0) is 52.6. The van der Waals surface area contributed by atoms with E-state index in [1.54, 1.807) is 49.0 Å². The number of aliphatic hydroxyl groups excluding tert-OH is 2. The summed E-state index contributed by atoms with van der Waals surface area (Å²) >= 11 is 1.57. The van der Waals surface area contributed by atoms with E-state index in [0.717, 1.165) is 49.2 Å². The summed E-state index contributed by atoms with van der Waals surface area (Å²) in [4.78, 5) is 32.2. The summed E-state index contributed by atoms with van der Waals surface area (Å²) in [6.45, 7) is 17.7. The third kappa shape index (κ3) is 15.2. The zero-order valence-electron chi connectivity index (χ0n) is 44.5. The van der Waals surface area contributed by atoms with E-state index in [2.05, 4.69) is 30.1 Å². The third-order valence-electron chi connectivity index (χ3n) is 15.5. The smallest absolute Gasteiger partial charge is 0.252 e. The number of benzene rings is 3. The van der Waals surface area contributed by atoms with Crippen molar-refractivity contribution in [1.82, 2.24) is 15.1 Å². The lowest BCUT2D eigenvalue weighted by Gasteiger charge is -2.49. The van der Waals surface area contributed by atoms with Gasteiger partial charge in [-0.3, -0.25) is 24.6 Å². The lowest BCUT2D eigenvalue weighted by Crippen LogP contribution is -2.59. The Hall–Kier alpha value is -4.67. The minimum Gasteiger partial charge on any atom is -0.861 e. The number of nitrogens with zero attached hydrogens (tertiary/aromatic N) is 5. The van der Waals surface area contributed by atoms with E-state index in [1.807, 2.05) is 84.9 Å². The van der Waals surface area contributed by atoms with Gasteiger partial charge in [0, 0.05) is 71.2 Å². The van der Waals surface area contributed by atoms with Crippen LogP contribution in [0.3, 0.4) is 0 Å². The number of phenolic OH excluding ortho intramolecular Hbond substituents is 2. The lowest BCUT2D eigenvalue weighted by atomic mass is 9.72. The van der Waals surface area contributed by atoms with E-state index in [-0.39, 0.29) is 54.4 Å². The summed E-state index contributed by atoms with van der Waals surface area (Å²) in [6.07, 6.45) is 9.54. The molecule has 8 rings (SSSR count). The number of nitrogens with one attached hydrogen (secondary N) is 1. The van der Waals surface area contributed by atoms with E-state index >= 15 is 0 Å². The Morgan fingerprint density at radius 2 is 1.26 bits per heavy atom. The van der Waals surface area contributed by atoms with Crippen molar-refractivity contribution in [2.45, 2.75) is 172 Å². The number of thioether (sulfide) groups is 1. The van der Waals surface area contributed by atoms with Gasteiger partial charge >= 0.3 is 0 Å². The van der Waals surface area contributed by atoms with Crippen molar-refractivity contribution in [3.8, 4) is 11.5 Å². The van der Waals surface area contributed by atoms with Gasteiger partial charge in [0.1, 0.15) is 24.1 Å². The van der Waals surface area contributed by atoms with Crippen molar-refractivity contribution in [2.24, 2.45) is 38.6 Å². The Bertz CT molecular complexity index is 2400. The molecule has 3 aliphatic heterocycles. The Labute approximate surface area is 438 Å². The van der Waals surface area contributed by atoms with E-state index < -0.39 is 35.4 Å². The van der Waals surface area contributed by atoms with Crippen molar-refractivity contribution in [3.63, 3.8) is 0 Å². The molecule has 2 saturated heterocycles. The van der Waals surface area contributed by atoms with Gasteiger partial charge in [-0.15, -0.1) is 11.8 Å². The van der Waals surface area contributed by atoms with Crippen molar-refractivity contribution in [3.05, 3.63) is 89.0 Å². The lowest BCUT2D eigenvalue weighted by molar-refractivity contribution is -0.229. The van der Waals surface area contributed by atoms with Crippen LogP contribution in [0.5, 0.6) is 11.5 Å². The Kier molecular flexibility index (Phi) is 19.0. The highest BCUT2D eigenvalue weighted by molar-refractivity contribution is 7.99. The van der Waals surface area contributed by atoms with Crippen LogP contribution in [0.2, 0.25) is 0 Å². The number of phenols is 2. The fourth-order valence-corrected chi connectivity index (χ4v) is 12.5. The molecule has 5 N–H and O–H groups in total. The summed E-state index contributed by atoms with van der Waals surface area (Å²) in [6, 6.07) is 18.4. The standard InChI is InChI=1S/C32H45N3O4S.C26H39N3O4/c1-21-25(15-10-16-28(21)36)30(38)33-26(20-40-24-13-6-5-7-14-24)29(37)19-35-18-23-12-9-8-11-22(23)17-27(35)31(39)34-32(2,3)4;1-16-19(10-7-11-22(16)30)25-27-20(15-33-25)23(31)14-29-13-18-9-6-5-8-17(18)12-21(29)24(32)28-26(2,3)4/h5-7,10,13-16,22-23,26-27,29,36-37H,8-9,11-12,17-20H2,1-4H3,(H,33,38)(H,34,39);7,10-11,17-18,20-21,23,30-31H,5-6,8-9,12-15H2,1-4H3,(H,28,32)/p-2/t22-,23+,26-,27-,29+;17-,18+,20-,21-,23+/m00/s1. The van der Waals surface area contributed by atoms with Gasteiger partial charge in [-0.05, 0) is 153 Å². The number of carbonyl (C=O) groups excluding carboxylic acids is 1. The normalized spacial score (nSPS) is 26.5. The molecule has 1 amide bonds. The topological polar surface area (TPSA) is 209 Å². The van der Waals surface area contributed by atoms with Gasteiger partial charge < -0.3 is 40.7 Å².